The second-order valence-electron chi connectivity index (χ2n) is 9.83. The molecule has 1 unspecified atom stereocenters. The van der Waals surface area contributed by atoms with Crippen molar-refractivity contribution < 1.29 is 36.9 Å². The molecule has 3 aliphatic carbocycles. The van der Waals surface area contributed by atoms with E-state index in [1.54, 1.807) is 18.2 Å². The Morgan fingerprint density at radius 1 is 1.06 bits per heavy atom. The minimum Gasteiger partial charge on any atom is -0.486 e. The van der Waals surface area contributed by atoms with Gasteiger partial charge in [0.2, 0.25) is 5.89 Å². The Morgan fingerprint density at radius 3 is 2.56 bits per heavy atom. The number of alkyl halides is 1. The first kappa shape index (κ1) is 23.0. The van der Waals surface area contributed by atoms with Crippen molar-refractivity contribution in [2.75, 3.05) is 6.61 Å². The predicted molar refractivity (Wildman–Crippen MR) is 120 cm³/mol. The van der Waals surface area contributed by atoms with Gasteiger partial charge in [-0.3, -0.25) is 4.79 Å². The van der Waals surface area contributed by atoms with Crippen molar-refractivity contribution in [3.63, 3.8) is 0 Å². The maximum atomic E-state index is 13.8. The number of ketones is 1. The molecule has 1 aliphatic heterocycles. The number of carbonyl (C=O) groups is 1. The van der Waals surface area contributed by atoms with Crippen LogP contribution in [0.3, 0.4) is 0 Å². The largest absolute Gasteiger partial charge is 0.486 e. The van der Waals surface area contributed by atoms with Crippen LogP contribution in [-0.4, -0.2) is 28.6 Å². The zero-order valence-corrected chi connectivity index (χ0v) is 19.9. The van der Waals surface area contributed by atoms with Crippen LogP contribution in [0.2, 0.25) is 5.02 Å². The minimum atomic E-state index is -2.21. The number of hydrogen-bond acceptors (Lipinski definition) is 8. The highest BCUT2D eigenvalue weighted by Gasteiger charge is 2.71. The molecule has 1 aromatic heterocycles. The lowest BCUT2D eigenvalue weighted by molar-refractivity contribution is -0.173. The molecule has 1 atom stereocenters. The smallest absolute Gasteiger partial charge is 0.404 e. The van der Waals surface area contributed by atoms with E-state index in [-0.39, 0.29) is 46.3 Å². The molecule has 188 valence electrons. The second kappa shape index (κ2) is 8.06. The highest BCUT2D eigenvalue weighted by Crippen LogP contribution is 2.74. The number of aromatic nitrogens is 2. The minimum absolute atomic E-state index is 0.00947. The first-order chi connectivity index (χ1) is 17.1. The van der Waals surface area contributed by atoms with Gasteiger partial charge >= 0.3 is 6.04 Å². The van der Waals surface area contributed by atoms with Crippen LogP contribution in [0, 0.1) is 11.2 Å². The van der Waals surface area contributed by atoms with Gasteiger partial charge in [0.15, 0.2) is 23.9 Å². The summed E-state index contributed by atoms with van der Waals surface area (Å²) in [5.74, 6) is 1.46. The molecule has 0 N–H and O–H groups in total. The van der Waals surface area contributed by atoms with Gasteiger partial charge in [-0.15, -0.1) is 10.2 Å². The molecule has 3 fully saturated rings. The molecule has 0 saturated heterocycles. The van der Waals surface area contributed by atoms with Gasteiger partial charge in [0.1, 0.15) is 23.9 Å². The van der Waals surface area contributed by atoms with E-state index in [9.17, 15) is 13.6 Å². The van der Waals surface area contributed by atoms with Crippen LogP contribution in [0.4, 0.5) is 8.78 Å². The monoisotopic (exact) mass is 518 g/mol. The highest BCUT2D eigenvalue weighted by molar-refractivity contribution is 6.30. The lowest BCUT2D eigenvalue weighted by Gasteiger charge is -2.68. The van der Waals surface area contributed by atoms with E-state index in [2.05, 4.69) is 10.2 Å². The third kappa shape index (κ3) is 4.13. The zero-order chi connectivity index (χ0) is 25.1. The number of benzene rings is 2. The first-order valence-electron chi connectivity index (χ1n) is 11.4. The van der Waals surface area contributed by atoms with E-state index in [0.29, 0.717) is 29.7 Å². The lowest BCUT2D eigenvalue weighted by atomic mass is 9.34. The molecule has 8 nitrogen and oxygen atoms in total. The van der Waals surface area contributed by atoms with Crippen LogP contribution < -0.4 is 18.9 Å². The number of hydrogen-bond donors (Lipinski definition) is 0. The number of nitrogens with zero attached hydrogens (tertiary/aromatic N) is 2. The van der Waals surface area contributed by atoms with Crippen molar-refractivity contribution >= 4 is 17.4 Å². The van der Waals surface area contributed by atoms with Crippen molar-refractivity contribution in [1.82, 2.24) is 10.2 Å². The van der Waals surface area contributed by atoms with Crippen LogP contribution in [0.15, 0.2) is 40.8 Å². The molecule has 7 rings (SSSR count). The van der Waals surface area contributed by atoms with Crippen LogP contribution in [0.25, 0.3) is 0 Å². The van der Waals surface area contributed by atoms with Gasteiger partial charge in [0, 0.05) is 25.5 Å². The zero-order valence-electron chi connectivity index (χ0n) is 19.2. The molecular formula is C25H21ClF2N2O6. The summed E-state index contributed by atoms with van der Waals surface area (Å²) in [5, 5.41) is 8.22. The van der Waals surface area contributed by atoms with E-state index in [1.165, 1.54) is 25.1 Å². The van der Waals surface area contributed by atoms with Gasteiger partial charge in [0.25, 0.3) is 5.89 Å². The quantitative estimate of drug-likeness (QED) is 0.376. The van der Waals surface area contributed by atoms with Crippen LogP contribution in [-0.2, 0) is 16.8 Å². The SMILES string of the molecule is CC1(F)Oc2ccc(OCC(=O)CC34CC(c5nnc(COc6ccc(Cl)c(F)c6)o5)(C3)C4)cc2O1. The Bertz CT molecular complexity index is 1340. The van der Waals surface area contributed by atoms with Crippen molar-refractivity contribution in [2.45, 2.75) is 50.7 Å². The maximum absolute atomic E-state index is 13.8. The third-order valence-electron chi connectivity index (χ3n) is 6.79. The number of Topliss-reactive ketones (excluding diaryl/α,β-unsaturated/α-hetero) is 1. The van der Waals surface area contributed by atoms with Gasteiger partial charge in [-0.05, 0) is 48.9 Å². The molecule has 2 bridgehead atoms. The lowest BCUT2D eigenvalue weighted by Crippen LogP contribution is -2.65. The van der Waals surface area contributed by atoms with E-state index in [1.807, 2.05) is 0 Å². The maximum Gasteiger partial charge on any atom is 0.404 e. The van der Waals surface area contributed by atoms with Crippen LogP contribution in [0.1, 0.15) is 44.4 Å². The Kier molecular flexibility index (Phi) is 5.15. The third-order valence-corrected chi connectivity index (χ3v) is 7.09. The topological polar surface area (TPSA) is 92.9 Å². The van der Waals surface area contributed by atoms with Crippen molar-refractivity contribution in [3.8, 4) is 23.0 Å². The summed E-state index contributed by atoms with van der Waals surface area (Å²) in [6.45, 7) is 1.09. The summed E-state index contributed by atoms with van der Waals surface area (Å²) in [7, 11) is 0. The number of fused-ring (bicyclic) bond motifs is 1. The fourth-order valence-corrected chi connectivity index (χ4v) is 5.56. The molecule has 2 heterocycles. The molecule has 4 aliphatic rings. The molecule has 0 spiro atoms. The van der Waals surface area contributed by atoms with Crippen molar-refractivity contribution in [3.05, 3.63) is 59.0 Å². The first-order valence-corrected chi connectivity index (χ1v) is 11.8. The Labute approximate surface area is 209 Å². The normalized spacial score (nSPS) is 27.2. The summed E-state index contributed by atoms with van der Waals surface area (Å²) in [6.07, 6.45) is 2.76. The molecule has 3 aromatic rings. The van der Waals surface area contributed by atoms with E-state index in [4.69, 9.17) is 35.0 Å². The molecule has 0 amide bonds. The summed E-state index contributed by atoms with van der Waals surface area (Å²) >= 11 is 5.67. The Hall–Kier alpha value is -3.40. The Morgan fingerprint density at radius 2 is 1.78 bits per heavy atom. The average Bonchev–Trinajstić information content (AvgIpc) is 3.36. The van der Waals surface area contributed by atoms with Crippen molar-refractivity contribution in [2.24, 2.45) is 5.41 Å². The van der Waals surface area contributed by atoms with E-state index < -0.39 is 11.9 Å². The summed E-state index contributed by atoms with van der Waals surface area (Å²) in [5.41, 5.74) is -0.271. The summed E-state index contributed by atoms with van der Waals surface area (Å²) in [4.78, 5) is 12.6. The predicted octanol–water partition coefficient (Wildman–Crippen LogP) is 5.32. The van der Waals surface area contributed by atoms with E-state index in [0.717, 1.165) is 19.3 Å². The van der Waals surface area contributed by atoms with Gasteiger partial charge < -0.3 is 23.4 Å². The van der Waals surface area contributed by atoms with Crippen molar-refractivity contribution in [1.29, 1.82) is 0 Å². The summed E-state index contributed by atoms with van der Waals surface area (Å²) in [6, 6.07) is 6.60. The molecule has 2 aromatic carbocycles. The number of ether oxygens (including phenoxy) is 4. The molecular weight excluding hydrogens is 498 g/mol. The molecule has 36 heavy (non-hydrogen) atoms. The van der Waals surface area contributed by atoms with E-state index >= 15 is 0 Å². The Balaban J connectivity index is 0.977. The highest BCUT2D eigenvalue weighted by atomic mass is 35.5. The number of carbonyl (C=O) groups excluding carboxylic acids is 1. The van der Waals surface area contributed by atoms with Gasteiger partial charge in [-0.25, -0.2) is 4.39 Å². The van der Waals surface area contributed by atoms with Crippen LogP contribution >= 0.6 is 11.6 Å². The van der Waals surface area contributed by atoms with Gasteiger partial charge in [-0.2, -0.15) is 4.39 Å². The molecule has 3 saturated carbocycles. The summed E-state index contributed by atoms with van der Waals surface area (Å²) < 4.78 is 54.3. The number of halogens is 3. The fraction of sp³-hybridized carbons (Fsp3) is 0.400. The molecule has 0 radical (unpaired) electrons. The average molecular weight is 519 g/mol. The molecule has 11 heteroatoms. The number of rotatable bonds is 9. The second-order valence-corrected chi connectivity index (χ2v) is 10.2. The standard InChI is InChI=1S/C25H21ClF2N2O6/c1-23(28)35-19-5-3-16(7-20(19)36-23)32-9-14(31)8-24-11-25(12-24,13-24)22-30-29-21(34-22)10-33-15-2-4-17(26)18(27)6-15/h2-7H,8-13H2,1H3. The van der Waals surface area contributed by atoms with Gasteiger partial charge in [0.05, 0.1) is 10.4 Å². The van der Waals surface area contributed by atoms with Crippen LogP contribution in [0.5, 0.6) is 23.0 Å². The van der Waals surface area contributed by atoms with Gasteiger partial charge in [-0.1, -0.05) is 11.6 Å². The fourth-order valence-electron chi connectivity index (χ4n) is 5.44.